The second kappa shape index (κ2) is 9.16. The number of hydrogen-bond acceptors (Lipinski definition) is 3. The van der Waals surface area contributed by atoms with Crippen LogP contribution in [0.25, 0.3) is 0 Å². The molecule has 0 saturated carbocycles. The second-order valence-corrected chi connectivity index (χ2v) is 4.90. The summed E-state index contributed by atoms with van der Waals surface area (Å²) in [5.41, 5.74) is 7.98. The summed E-state index contributed by atoms with van der Waals surface area (Å²) in [6.07, 6.45) is 1.86. The third kappa shape index (κ3) is 5.98. The Hall–Kier alpha value is -1.84. The lowest BCUT2D eigenvalue weighted by molar-refractivity contribution is 0.122. The molecule has 2 N–H and O–H groups in total. The topological polar surface area (TPSA) is 44.5 Å². The second-order valence-electron chi connectivity index (χ2n) is 4.90. The van der Waals surface area contributed by atoms with E-state index in [1.807, 2.05) is 30.3 Å². The van der Waals surface area contributed by atoms with Gasteiger partial charge in [-0.05, 0) is 29.7 Å². The number of benzene rings is 2. The first-order valence-electron chi connectivity index (χ1n) is 7.42. The molecule has 0 aromatic heterocycles. The summed E-state index contributed by atoms with van der Waals surface area (Å²) >= 11 is 0. The molecule has 0 bridgehead atoms. The zero-order chi connectivity index (χ0) is 14.8. The van der Waals surface area contributed by atoms with Crippen molar-refractivity contribution in [3.63, 3.8) is 0 Å². The minimum atomic E-state index is 0.565. The molecule has 0 atom stereocenters. The summed E-state index contributed by atoms with van der Waals surface area (Å²) in [6.45, 7) is 2.73. The van der Waals surface area contributed by atoms with Crippen LogP contribution < -0.4 is 10.5 Å². The molecule has 21 heavy (non-hydrogen) atoms. The third-order valence-electron chi connectivity index (χ3n) is 3.24. The summed E-state index contributed by atoms with van der Waals surface area (Å²) in [5.74, 6) is 0.886. The average molecular weight is 285 g/mol. The van der Waals surface area contributed by atoms with Crippen molar-refractivity contribution >= 4 is 0 Å². The standard InChI is InChI=1S/C18H23NO2/c19-15-17-7-9-18(10-8-17)21-13-4-12-20-14-11-16-5-2-1-3-6-16/h1-3,5-10H,4,11-15,19H2. The Bertz CT molecular complexity index is 496. The predicted octanol–water partition coefficient (Wildman–Crippen LogP) is 3.17. The SMILES string of the molecule is NCc1ccc(OCCCOCCc2ccccc2)cc1. The maximum atomic E-state index is 5.65. The van der Waals surface area contributed by atoms with E-state index in [-0.39, 0.29) is 0 Å². The highest BCUT2D eigenvalue weighted by Gasteiger charge is 1.96. The van der Waals surface area contributed by atoms with Crippen LogP contribution >= 0.6 is 0 Å². The summed E-state index contributed by atoms with van der Waals surface area (Å²) in [6, 6.07) is 18.3. The van der Waals surface area contributed by atoms with Crippen LogP contribution in [0.4, 0.5) is 0 Å². The molecule has 112 valence electrons. The van der Waals surface area contributed by atoms with Gasteiger partial charge in [-0.15, -0.1) is 0 Å². The van der Waals surface area contributed by atoms with Gasteiger partial charge in [0.15, 0.2) is 0 Å². The zero-order valence-electron chi connectivity index (χ0n) is 12.3. The van der Waals surface area contributed by atoms with Crippen molar-refractivity contribution in [1.29, 1.82) is 0 Å². The smallest absolute Gasteiger partial charge is 0.119 e. The fourth-order valence-corrected chi connectivity index (χ4v) is 2.01. The van der Waals surface area contributed by atoms with E-state index in [0.29, 0.717) is 13.2 Å². The molecule has 0 aliphatic heterocycles. The summed E-state index contributed by atoms with van der Waals surface area (Å²) in [5, 5.41) is 0. The normalized spacial score (nSPS) is 10.5. The van der Waals surface area contributed by atoms with Gasteiger partial charge in [-0.2, -0.15) is 0 Å². The van der Waals surface area contributed by atoms with E-state index in [1.165, 1.54) is 5.56 Å². The van der Waals surface area contributed by atoms with E-state index in [1.54, 1.807) is 0 Å². The summed E-state index contributed by atoms with van der Waals surface area (Å²) < 4.78 is 11.3. The van der Waals surface area contributed by atoms with E-state index in [2.05, 4.69) is 24.3 Å². The first-order chi connectivity index (χ1) is 10.4. The first-order valence-corrected chi connectivity index (χ1v) is 7.42. The molecular formula is C18H23NO2. The molecule has 0 saturated heterocycles. The van der Waals surface area contributed by atoms with Crippen LogP contribution in [0.2, 0.25) is 0 Å². The Morgan fingerprint density at radius 1 is 0.762 bits per heavy atom. The van der Waals surface area contributed by atoms with Crippen LogP contribution in [-0.2, 0) is 17.7 Å². The average Bonchev–Trinajstić information content (AvgIpc) is 2.55. The number of nitrogens with two attached hydrogens (primary N) is 1. The third-order valence-corrected chi connectivity index (χ3v) is 3.24. The lowest BCUT2D eigenvalue weighted by Crippen LogP contribution is -2.05. The van der Waals surface area contributed by atoms with Crippen molar-refractivity contribution in [2.75, 3.05) is 19.8 Å². The van der Waals surface area contributed by atoms with Crippen LogP contribution in [0.5, 0.6) is 5.75 Å². The minimum Gasteiger partial charge on any atom is -0.494 e. The highest BCUT2D eigenvalue weighted by Crippen LogP contribution is 2.11. The van der Waals surface area contributed by atoms with Crippen molar-refractivity contribution in [3.8, 4) is 5.75 Å². The van der Waals surface area contributed by atoms with Crippen molar-refractivity contribution in [2.24, 2.45) is 5.73 Å². The van der Waals surface area contributed by atoms with Gasteiger partial charge < -0.3 is 15.2 Å². The molecule has 3 heteroatoms. The van der Waals surface area contributed by atoms with Gasteiger partial charge in [-0.1, -0.05) is 42.5 Å². The molecule has 0 fully saturated rings. The van der Waals surface area contributed by atoms with Gasteiger partial charge in [-0.25, -0.2) is 0 Å². The van der Waals surface area contributed by atoms with Crippen molar-refractivity contribution in [2.45, 2.75) is 19.4 Å². The quantitative estimate of drug-likeness (QED) is 0.720. The Balaban J connectivity index is 1.51. The number of rotatable bonds is 9. The van der Waals surface area contributed by atoms with Crippen LogP contribution in [-0.4, -0.2) is 19.8 Å². The minimum absolute atomic E-state index is 0.565. The molecule has 0 aliphatic carbocycles. The number of hydrogen-bond donors (Lipinski definition) is 1. The highest BCUT2D eigenvalue weighted by molar-refractivity contribution is 5.27. The van der Waals surface area contributed by atoms with E-state index < -0.39 is 0 Å². The first kappa shape index (κ1) is 15.5. The fourth-order valence-electron chi connectivity index (χ4n) is 2.01. The van der Waals surface area contributed by atoms with Crippen LogP contribution in [0.3, 0.4) is 0 Å². The monoisotopic (exact) mass is 285 g/mol. The lowest BCUT2D eigenvalue weighted by atomic mass is 10.2. The lowest BCUT2D eigenvalue weighted by Gasteiger charge is -2.07. The predicted molar refractivity (Wildman–Crippen MR) is 85.4 cm³/mol. The Morgan fingerprint density at radius 3 is 2.24 bits per heavy atom. The molecule has 0 unspecified atom stereocenters. The van der Waals surface area contributed by atoms with Gasteiger partial charge in [0.1, 0.15) is 5.75 Å². The molecule has 2 aromatic rings. The molecule has 0 spiro atoms. The van der Waals surface area contributed by atoms with E-state index in [4.69, 9.17) is 15.2 Å². The molecule has 2 aromatic carbocycles. The molecule has 0 radical (unpaired) electrons. The molecular weight excluding hydrogens is 262 g/mol. The van der Waals surface area contributed by atoms with Crippen molar-refractivity contribution < 1.29 is 9.47 Å². The van der Waals surface area contributed by atoms with E-state index in [0.717, 1.165) is 37.4 Å². The highest BCUT2D eigenvalue weighted by atomic mass is 16.5. The summed E-state index contributed by atoms with van der Waals surface area (Å²) in [7, 11) is 0. The van der Waals surface area contributed by atoms with Crippen molar-refractivity contribution in [1.82, 2.24) is 0 Å². The molecule has 0 aliphatic rings. The number of ether oxygens (including phenoxy) is 2. The van der Waals surface area contributed by atoms with E-state index >= 15 is 0 Å². The van der Waals surface area contributed by atoms with Gasteiger partial charge in [-0.3, -0.25) is 0 Å². The Kier molecular flexibility index (Phi) is 6.78. The Labute approximate surface area is 126 Å². The van der Waals surface area contributed by atoms with Gasteiger partial charge >= 0.3 is 0 Å². The molecule has 3 nitrogen and oxygen atoms in total. The zero-order valence-corrected chi connectivity index (χ0v) is 12.3. The van der Waals surface area contributed by atoms with Gasteiger partial charge in [0.2, 0.25) is 0 Å². The van der Waals surface area contributed by atoms with Crippen LogP contribution in [0.1, 0.15) is 17.5 Å². The van der Waals surface area contributed by atoms with Gasteiger partial charge in [0.05, 0.1) is 13.2 Å². The Morgan fingerprint density at radius 2 is 1.52 bits per heavy atom. The molecule has 0 amide bonds. The fraction of sp³-hybridized carbons (Fsp3) is 0.333. The maximum absolute atomic E-state index is 5.65. The van der Waals surface area contributed by atoms with Gasteiger partial charge in [0, 0.05) is 19.6 Å². The van der Waals surface area contributed by atoms with Crippen LogP contribution in [0.15, 0.2) is 54.6 Å². The van der Waals surface area contributed by atoms with Crippen LogP contribution in [0, 0.1) is 0 Å². The molecule has 0 heterocycles. The summed E-state index contributed by atoms with van der Waals surface area (Å²) in [4.78, 5) is 0. The maximum Gasteiger partial charge on any atom is 0.119 e. The van der Waals surface area contributed by atoms with E-state index in [9.17, 15) is 0 Å². The largest absolute Gasteiger partial charge is 0.494 e. The van der Waals surface area contributed by atoms with Crippen molar-refractivity contribution in [3.05, 3.63) is 65.7 Å². The molecule has 2 rings (SSSR count). The van der Waals surface area contributed by atoms with Gasteiger partial charge in [0.25, 0.3) is 0 Å².